The molecule has 1 saturated heterocycles. The van der Waals surface area contributed by atoms with Crippen LogP contribution in [0.3, 0.4) is 0 Å². The van der Waals surface area contributed by atoms with Gasteiger partial charge in [0.1, 0.15) is 11.6 Å². The summed E-state index contributed by atoms with van der Waals surface area (Å²) in [6.45, 7) is 1.63. The van der Waals surface area contributed by atoms with Crippen molar-refractivity contribution in [3.63, 3.8) is 0 Å². The minimum Gasteiger partial charge on any atom is -0.406 e. The summed E-state index contributed by atoms with van der Waals surface area (Å²) in [5.74, 6) is 0.878. The van der Waals surface area contributed by atoms with Crippen LogP contribution in [0.5, 0.6) is 5.75 Å². The minimum atomic E-state index is -4.78. The number of fused-ring (bicyclic) bond motifs is 1. The van der Waals surface area contributed by atoms with Gasteiger partial charge < -0.3 is 20.7 Å². The average Bonchev–Trinajstić information content (AvgIpc) is 3.20. The van der Waals surface area contributed by atoms with Crippen LogP contribution in [-0.4, -0.2) is 46.6 Å². The van der Waals surface area contributed by atoms with E-state index in [9.17, 15) is 18.0 Å². The predicted molar refractivity (Wildman–Crippen MR) is 110 cm³/mol. The lowest BCUT2D eigenvalue weighted by Gasteiger charge is -2.23. The second-order valence-electron chi connectivity index (χ2n) is 7.90. The Hall–Kier alpha value is -3.60. The highest BCUT2D eigenvalue weighted by Gasteiger charge is 2.54. The van der Waals surface area contributed by atoms with Crippen molar-refractivity contribution in [1.82, 2.24) is 15.2 Å². The van der Waals surface area contributed by atoms with Crippen LogP contribution in [0, 0.1) is 11.8 Å². The molecule has 1 aliphatic heterocycles. The summed E-state index contributed by atoms with van der Waals surface area (Å²) in [5, 5.41) is 9.56. The lowest BCUT2D eigenvalue weighted by atomic mass is 10.1. The van der Waals surface area contributed by atoms with Gasteiger partial charge in [-0.1, -0.05) is 0 Å². The van der Waals surface area contributed by atoms with Crippen LogP contribution in [0.15, 0.2) is 48.8 Å². The average molecular weight is 444 g/mol. The standard InChI is InChI=1S/C21H19F3N6O2/c22-21(23,24)32-13-3-1-12(2-4-13)28-20(31)11-7-14(17-5-6-27-29-17)19(26-8-11)30-9-15-16(10-30)18(15)25/h1-8,15-16,18H,9-10,25H2,(H,27,29)(H,28,31). The molecule has 2 aliphatic rings. The molecule has 4 N–H and O–H groups in total. The van der Waals surface area contributed by atoms with E-state index in [0.717, 1.165) is 42.3 Å². The maximum absolute atomic E-state index is 12.8. The van der Waals surface area contributed by atoms with Crippen LogP contribution in [0.2, 0.25) is 0 Å². The molecule has 2 fully saturated rings. The van der Waals surface area contributed by atoms with Gasteiger partial charge >= 0.3 is 6.36 Å². The third kappa shape index (κ3) is 3.98. The quantitative estimate of drug-likeness (QED) is 0.558. The maximum Gasteiger partial charge on any atom is 0.573 e. The van der Waals surface area contributed by atoms with Crippen molar-refractivity contribution in [2.24, 2.45) is 17.6 Å². The first kappa shape index (κ1) is 20.3. The number of aromatic nitrogens is 3. The Morgan fingerprint density at radius 1 is 1.19 bits per heavy atom. The molecule has 1 aliphatic carbocycles. The number of hydrogen-bond donors (Lipinski definition) is 3. The van der Waals surface area contributed by atoms with E-state index in [4.69, 9.17) is 5.73 Å². The number of rotatable bonds is 5. The van der Waals surface area contributed by atoms with Gasteiger partial charge in [0.2, 0.25) is 0 Å². The van der Waals surface area contributed by atoms with Crippen molar-refractivity contribution in [2.75, 3.05) is 23.3 Å². The van der Waals surface area contributed by atoms with E-state index in [1.54, 1.807) is 18.3 Å². The summed E-state index contributed by atoms with van der Waals surface area (Å²) in [5.41, 5.74) is 8.12. The zero-order valence-electron chi connectivity index (χ0n) is 16.6. The number of nitrogens with one attached hydrogen (secondary N) is 2. The number of pyridine rings is 1. The topological polar surface area (TPSA) is 109 Å². The number of alkyl halides is 3. The van der Waals surface area contributed by atoms with Gasteiger partial charge in [-0.25, -0.2) is 4.98 Å². The lowest BCUT2D eigenvalue weighted by Crippen LogP contribution is -2.29. The number of nitrogens with zero attached hydrogens (tertiary/aromatic N) is 3. The fourth-order valence-electron chi connectivity index (χ4n) is 4.13. The van der Waals surface area contributed by atoms with Crippen molar-refractivity contribution in [3.8, 4) is 17.0 Å². The van der Waals surface area contributed by atoms with E-state index in [2.05, 4.69) is 30.1 Å². The number of hydrogen-bond acceptors (Lipinski definition) is 6. The number of H-pyrrole nitrogens is 1. The van der Waals surface area contributed by atoms with Crippen molar-refractivity contribution >= 4 is 17.4 Å². The fourth-order valence-corrected chi connectivity index (χ4v) is 4.13. The number of ether oxygens (including phenoxy) is 1. The molecule has 8 nitrogen and oxygen atoms in total. The molecule has 166 valence electrons. The smallest absolute Gasteiger partial charge is 0.406 e. The third-order valence-corrected chi connectivity index (χ3v) is 5.83. The fraction of sp³-hybridized carbons (Fsp3) is 0.286. The molecule has 1 aromatic carbocycles. The van der Waals surface area contributed by atoms with E-state index in [1.807, 2.05) is 0 Å². The summed E-state index contributed by atoms with van der Waals surface area (Å²) in [6, 6.07) is 8.68. The molecule has 1 saturated carbocycles. The summed E-state index contributed by atoms with van der Waals surface area (Å²) >= 11 is 0. The Morgan fingerprint density at radius 2 is 1.91 bits per heavy atom. The molecule has 3 heterocycles. The molecule has 32 heavy (non-hydrogen) atoms. The molecule has 1 amide bonds. The first-order valence-electron chi connectivity index (χ1n) is 9.96. The number of aromatic amines is 1. The third-order valence-electron chi connectivity index (χ3n) is 5.83. The predicted octanol–water partition coefficient (Wildman–Crippen LogP) is 3.02. The van der Waals surface area contributed by atoms with Crippen molar-refractivity contribution in [3.05, 3.63) is 54.4 Å². The Kier molecular flexibility index (Phi) is 4.77. The second-order valence-corrected chi connectivity index (χ2v) is 7.90. The Balaban J connectivity index is 1.35. The van der Waals surface area contributed by atoms with Gasteiger partial charge in [-0.2, -0.15) is 5.10 Å². The first-order chi connectivity index (χ1) is 15.3. The zero-order valence-corrected chi connectivity index (χ0v) is 16.6. The molecule has 5 rings (SSSR count). The number of nitrogens with two attached hydrogens (primary N) is 1. The Labute approximate surface area is 180 Å². The summed E-state index contributed by atoms with van der Waals surface area (Å²) in [6.07, 6.45) is -1.68. The number of benzene rings is 1. The van der Waals surface area contributed by atoms with E-state index >= 15 is 0 Å². The van der Waals surface area contributed by atoms with Gasteiger partial charge in [-0.15, -0.1) is 13.2 Å². The summed E-state index contributed by atoms with van der Waals surface area (Å²) in [7, 11) is 0. The normalized spacial score (nSPS) is 21.9. The van der Waals surface area contributed by atoms with Gasteiger partial charge in [0, 0.05) is 42.8 Å². The number of halogens is 3. The lowest BCUT2D eigenvalue weighted by molar-refractivity contribution is -0.274. The molecule has 0 radical (unpaired) electrons. The Bertz CT molecular complexity index is 1120. The van der Waals surface area contributed by atoms with Crippen LogP contribution in [0.1, 0.15) is 10.4 Å². The highest BCUT2D eigenvalue weighted by molar-refractivity contribution is 6.05. The molecule has 3 aromatic rings. The van der Waals surface area contributed by atoms with Gasteiger partial charge in [0.25, 0.3) is 5.91 Å². The van der Waals surface area contributed by atoms with Crippen LogP contribution in [0.4, 0.5) is 24.7 Å². The van der Waals surface area contributed by atoms with E-state index < -0.39 is 12.3 Å². The second kappa shape index (κ2) is 7.52. The van der Waals surface area contributed by atoms with Crippen LogP contribution >= 0.6 is 0 Å². The van der Waals surface area contributed by atoms with Crippen LogP contribution in [-0.2, 0) is 0 Å². The number of amides is 1. The molecule has 2 unspecified atom stereocenters. The summed E-state index contributed by atoms with van der Waals surface area (Å²) < 4.78 is 40.7. The van der Waals surface area contributed by atoms with Crippen molar-refractivity contribution in [2.45, 2.75) is 12.4 Å². The van der Waals surface area contributed by atoms with Gasteiger partial charge in [0.15, 0.2) is 0 Å². The maximum atomic E-state index is 12.8. The Morgan fingerprint density at radius 3 is 2.53 bits per heavy atom. The highest BCUT2D eigenvalue weighted by atomic mass is 19.4. The van der Waals surface area contributed by atoms with Crippen molar-refractivity contribution in [1.29, 1.82) is 0 Å². The van der Waals surface area contributed by atoms with Gasteiger partial charge in [-0.3, -0.25) is 9.89 Å². The van der Waals surface area contributed by atoms with Crippen molar-refractivity contribution < 1.29 is 22.7 Å². The number of anilines is 2. The van der Waals surface area contributed by atoms with E-state index in [-0.39, 0.29) is 11.8 Å². The number of carbonyl (C=O) groups is 1. The van der Waals surface area contributed by atoms with E-state index in [0.29, 0.717) is 23.1 Å². The van der Waals surface area contributed by atoms with Gasteiger partial charge in [0.05, 0.1) is 11.3 Å². The van der Waals surface area contributed by atoms with E-state index in [1.165, 1.54) is 18.3 Å². The molecular formula is C21H19F3N6O2. The zero-order chi connectivity index (χ0) is 22.5. The SMILES string of the molecule is NC1C2CN(c3ncc(C(=O)Nc4ccc(OC(F)(F)F)cc4)cc3-c3ccn[nH]3)CC12. The largest absolute Gasteiger partial charge is 0.573 e. The number of carbonyl (C=O) groups excluding carboxylic acids is 1. The monoisotopic (exact) mass is 444 g/mol. The van der Waals surface area contributed by atoms with Crippen LogP contribution in [0.25, 0.3) is 11.3 Å². The first-order valence-corrected chi connectivity index (χ1v) is 9.96. The molecule has 2 aromatic heterocycles. The van der Waals surface area contributed by atoms with Crippen LogP contribution < -0.4 is 20.7 Å². The molecular weight excluding hydrogens is 425 g/mol. The van der Waals surface area contributed by atoms with Gasteiger partial charge in [-0.05, 0) is 48.2 Å². The highest BCUT2D eigenvalue weighted by Crippen LogP contribution is 2.46. The number of piperidine rings is 1. The molecule has 2 atom stereocenters. The molecule has 0 bridgehead atoms. The molecule has 11 heteroatoms. The molecule has 0 spiro atoms. The summed E-state index contributed by atoms with van der Waals surface area (Å²) in [4.78, 5) is 19.5. The minimum absolute atomic E-state index is 0.250.